The van der Waals surface area contributed by atoms with Gasteiger partial charge in [-0.05, 0) is 24.3 Å². The summed E-state index contributed by atoms with van der Waals surface area (Å²) in [6, 6.07) is 10.4. The van der Waals surface area contributed by atoms with E-state index >= 15 is 0 Å². The molecule has 4 aromatic rings. The normalized spacial score (nSPS) is 12.4. The third-order valence-electron chi connectivity index (χ3n) is 5.10. The van der Waals surface area contributed by atoms with Crippen molar-refractivity contribution < 1.29 is 23.4 Å². The smallest absolute Gasteiger partial charge is 0.231 e. The molecule has 0 bridgehead atoms. The van der Waals surface area contributed by atoms with Gasteiger partial charge in [0.1, 0.15) is 22.6 Å². The van der Waals surface area contributed by atoms with Crippen molar-refractivity contribution in [3.05, 3.63) is 52.8 Å². The standard InChI is InChI=1S/C22H18N2O6/c1-24-13(6-7-23-24)20-18(26-2)10-19(27-3)21-14(25)9-16(30-22(20)21)12-4-5-15-17(8-12)29-11-28-15/h4-10H,11H2,1-3H3. The van der Waals surface area contributed by atoms with Crippen LogP contribution < -0.4 is 24.4 Å². The average Bonchev–Trinajstić information content (AvgIpc) is 3.40. The summed E-state index contributed by atoms with van der Waals surface area (Å²) < 4.78 is 29.9. The summed E-state index contributed by atoms with van der Waals surface area (Å²) in [6.45, 7) is 0.166. The fourth-order valence-corrected chi connectivity index (χ4v) is 3.65. The van der Waals surface area contributed by atoms with Crippen LogP contribution in [0.2, 0.25) is 0 Å². The van der Waals surface area contributed by atoms with Crippen molar-refractivity contribution in [3.63, 3.8) is 0 Å². The predicted octanol–water partition coefficient (Wildman–Crippen LogP) is 3.61. The van der Waals surface area contributed by atoms with Gasteiger partial charge in [0.25, 0.3) is 0 Å². The van der Waals surface area contributed by atoms with E-state index in [1.54, 1.807) is 36.2 Å². The van der Waals surface area contributed by atoms with Crippen molar-refractivity contribution in [1.29, 1.82) is 0 Å². The summed E-state index contributed by atoms with van der Waals surface area (Å²) >= 11 is 0. The summed E-state index contributed by atoms with van der Waals surface area (Å²) in [5, 5.41) is 4.57. The number of hydrogen-bond donors (Lipinski definition) is 0. The fraction of sp³-hybridized carbons (Fsp3) is 0.182. The van der Waals surface area contributed by atoms with Crippen molar-refractivity contribution in [3.8, 4) is 45.6 Å². The molecule has 5 rings (SSSR count). The third-order valence-corrected chi connectivity index (χ3v) is 5.10. The second-order valence-corrected chi connectivity index (χ2v) is 6.74. The Kier molecular flexibility index (Phi) is 4.13. The zero-order chi connectivity index (χ0) is 20.8. The molecule has 30 heavy (non-hydrogen) atoms. The van der Waals surface area contributed by atoms with Gasteiger partial charge in [-0.2, -0.15) is 5.10 Å². The molecule has 2 aromatic carbocycles. The number of fused-ring (bicyclic) bond motifs is 2. The van der Waals surface area contributed by atoms with Crippen LogP contribution in [0.1, 0.15) is 0 Å². The Labute approximate surface area is 171 Å². The molecule has 8 heteroatoms. The quantitative estimate of drug-likeness (QED) is 0.512. The Morgan fingerprint density at radius 3 is 2.53 bits per heavy atom. The largest absolute Gasteiger partial charge is 0.496 e. The number of nitrogens with zero attached hydrogens (tertiary/aromatic N) is 2. The van der Waals surface area contributed by atoms with Crippen LogP contribution in [-0.2, 0) is 7.05 Å². The van der Waals surface area contributed by atoms with E-state index in [4.69, 9.17) is 23.4 Å². The van der Waals surface area contributed by atoms with Gasteiger partial charge in [0.15, 0.2) is 22.5 Å². The highest BCUT2D eigenvalue weighted by molar-refractivity contribution is 5.99. The number of hydrogen-bond acceptors (Lipinski definition) is 7. The monoisotopic (exact) mass is 406 g/mol. The molecule has 8 nitrogen and oxygen atoms in total. The van der Waals surface area contributed by atoms with Gasteiger partial charge in [-0.25, -0.2) is 0 Å². The Bertz CT molecular complexity index is 1340. The zero-order valence-corrected chi connectivity index (χ0v) is 16.6. The van der Waals surface area contributed by atoms with E-state index in [1.165, 1.54) is 13.2 Å². The molecular weight excluding hydrogens is 388 g/mol. The summed E-state index contributed by atoms with van der Waals surface area (Å²) in [4.78, 5) is 13.1. The highest BCUT2D eigenvalue weighted by Gasteiger charge is 2.23. The first-order valence-electron chi connectivity index (χ1n) is 9.22. The van der Waals surface area contributed by atoms with E-state index in [0.29, 0.717) is 50.9 Å². The van der Waals surface area contributed by atoms with Crippen LogP contribution in [-0.4, -0.2) is 30.8 Å². The van der Waals surface area contributed by atoms with Crippen LogP contribution in [0.3, 0.4) is 0 Å². The van der Waals surface area contributed by atoms with Gasteiger partial charge in [0.2, 0.25) is 6.79 Å². The van der Waals surface area contributed by atoms with Crippen LogP contribution in [0.4, 0.5) is 0 Å². The maximum Gasteiger partial charge on any atom is 0.231 e. The van der Waals surface area contributed by atoms with E-state index in [0.717, 1.165) is 5.69 Å². The van der Waals surface area contributed by atoms with Crippen molar-refractivity contribution in [2.75, 3.05) is 21.0 Å². The SMILES string of the molecule is COc1cc(OC)c2c(=O)cc(-c3ccc4c(c3)OCO4)oc2c1-c1ccnn1C. The van der Waals surface area contributed by atoms with Gasteiger partial charge in [-0.15, -0.1) is 0 Å². The highest BCUT2D eigenvalue weighted by Crippen LogP contribution is 2.42. The fourth-order valence-electron chi connectivity index (χ4n) is 3.65. The zero-order valence-electron chi connectivity index (χ0n) is 16.6. The number of methoxy groups -OCH3 is 2. The number of benzene rings is 2. The van der Waals surface area contributed by atoms with Crippen LogP contribution in [0.15, 0.2) is 51.8 Å². The van der Waals surface area contributed by atoms with E-state index < -0.39 is 0 Å². The number of ether oxygens (including phenoxy) is 4. The van der Waals surface area contributed by atoms with E-state index in [1.807, 2.05) is 19.2 Å². The molecule has 0 amide bonds. The van der Waals surface area contributed by atoms with Gasteiger partial charge in [0, 0.05) is 30.9 Å². The summed E-state index contributed by atoms with van der Waals surface area (Å²) in [6.07, 6.45) is 1.67. The lowest BCUT2D eigenvalue weighted by Gasteiger charge is -2.15. The molecular formula is C22H18N2O6. The van der Waals surface area contributed by atoms with Crippen LogP contribution >= 0.6 is 0 Å². The van der Waals surface area contributed by atoms with Gasteiger partial charge in [-0.1, -0.05) is 0 Å². The molecule has 0 spiro atoms. The third kappa shape index (κ3) is 2.68. The Balaban J connectivity index is 1.85. The molecule has 1 aliphatic heterocycles. The molecule has 1 aliphatic rings. The molecule has 0 N–H and O–H groups in total. The highest BCUT2D eigenvalue weighted by atomic mass is 16.7. The lowest BCUT2D eigenvalue weighted by molar-refractivity contribution is 0.174. The first kappa shape index (κ1) is 18.1. The van der Waals surface area contributed by atoms with Crippen molar-refractivity contribution in [1.82, 2.24) is 9.78 Å². The van der Waals surface area contributed by atoms with Crippen molar-refractivity contribution in [2.24, 2.45) is 7.05 Å². The second kappa shape index (κ2) is 6.84. The molecule has 2 aromatic heterocycles. The molecule has 3 heterocycles. The Morgan fingerprint density at radius 1 is 1.00 bits per heavy atom. The van der Waals surface area contributed by atoms with Crippen LogP contribution in [0.25, 0.3) is 33.6 Å². The van der Waals surface area contributed by atoms with E-state index in [9.17, 15) is 4.79 Å². The molecule has 0 unspecified atom stereocenters. The van der Waals surface area contributed by atoms with E-state index in [2.05, 4.69) is 5.10 Å². The minimum Gasteiger partial charge on any atom is -0.496 e. The second-order valence-electron chi connectivity index (χ2n) is 6.74. The van der Waals surface area contributed by atoms with Crippen molar-refractivity contribution >= 4 is 11.0 Å². The minimum atomic E-state index is -0.230. The summed E-state index contributed by atoms with van der Waals surface area (Å²) in [5.74, 6) is 2.53. The minimum absolute atomic E-state index is 0.166. The van der Waals surface area contributed by atoms with E-state index in [-0.39, 0.29) is 12.2 Å². The van der Waals surface area contributed by atoms with Gasteiger partial charge >= 0.3 is 0 Å². The molecule has 0 saturated heterocycles. The summed E-state index contributed by atoms with van der Waals surface area (Å²) in [5.41, 5.74) is 2.18. The molecule has 0 aliphatic carbocycles. The van der Waals surface area contributed by atoms with Crippen LogP contribution in [0.5, 0.6) is 23.0 Å². The molecule has 0 fully saturated rings. The molecule has 0 saturated carbocycles. The average molecular weight is 406 g/mol. The van der Waals surface area contributed by atoms with Gasteiger partial charge in [-0.3, -0.25) is 9.48 Å². The molecule has 152 valence electrons. The van der Waals surface area contributed by atoms with Gasteiger partial charge < -0.3 is 23.4 Å². The maximum absolute atomic E-state index is 13.1. The Morgan fingerprint density at radius 2 is 1.80 bits per heavy atom. The lowest BCUT2D eigenvalue weighted by Crippen LogP contribution is -2.06. The maximum atomic E-state index is 13.1. The number of rotatable bonds is 4. The molecule has 0 radical (unpaired) electrons. The number of aryl methyl sites for hydroxylation is 1. The predicted molar refractivity (Wildman–Crippen MR) is 109 cm³/mol. The van der Waals surface area contributed by atoms with Crippen molar-refractivity contribution in [2.45, 2.75) is 0 Å². The molecule has 0 atom stereocenters. The lowest BCUT2D eigenvalue weighted by atomic mass is 10.0. The van der Waals surface area contributed by atoms with Gasteiger partial charge in [0.05, 0.1) is 25.5 Å². The Hall–Kier alpha value is -3.94. The topological polar surface area (TPSA) is 85.0 Å². The number of aromatic nitrogens is 2. The first-order chi connectivity index (χ1) is 14.6. The van der Waals surface area contributed by atoms with Crippen LogP contribution in [0, 0.1) is 0 Å². The summed E-state index contributed by atoms with van der Waals surface area (Å²) in [7, 11) is 4.87. The first-order valence-corrected chi connectivity index (χ1v) is 9.22.